The Labute approximate surface area is 115 Å². The molecule has 0 amide bonds. The number of hydrogen-bond acceptors (Lipinski definition) is 4. The molecule has 0 unspecified atom stereocenters. The summed E-state index contributed by atoms with van der Waals surface area (Å²) in [4.78, 5) is 19.6. The molecule has 3 heterocycles. The molecule has 0 saturated heterocycles. The maximum absolute atomic E-state index is 11.6. The molecule has 0 bridgehead atoms. The highest BCUT2D eigenvalue weighted by Gasteiger charge is 2.19. The molecule has 104 valence electrons. The predicted molar refractivity (Wildman–Crippen MR) is 73.8 cm³/mol. The van der Waals surface area contributed by atoms with Gasteiger partial charge in [0.15, 0.2) is 0 Å². The lowest BCUT2D eigenvalue weighted by Crippen LogP contribution is -2.15. The molecule has 20 heavy (non-hydrogen) atoms. The van der Waals surface area contributed by atoms with E-state index in [1.54, 1.807) is 18.5 Å². The number of rotatable bonds is 2. The molecule has 3 aromatic rings. The van der Waals surface area contributed by atoms with Crippen molar-refractivity contribution in [2.45, 2.75) is 32.7 Å². The van der Waals surface area contributed by atoms with Gasteiger partial charge in [0.2, 0.25) is 5.89 Å². The highest BCUT2D eigenvalue weighted by molar-refractivity contribution is 5.38. The van der Waals surface area contributed by atoms with Gasteiger partial charge in [-0.25, -0.2) is 14.8 Å². The zero-order chi connectivity index (χ0) is 14.3. The molecule has 0 aliphatic heterocycles. The third-order valence-corrected chi connectivity index (χ3v) is 3.15. The van der Waals surface area contributed by atoms with E-state index in [2.05, 4.69) is 30.7 Å². The zero-order valence-electron chi connectivity index (χ0n) is 11.7. The van der Waals surface area contributed by atoms with Crippen molar-refractivity contribution in [2.75, 3.05) is 0 Å². The van der Waals surface area contributed by atoms with Crippen LogP contribution in [0, 0.1) is 0 Å². The average molecular weight is 272 g/mol. The van der Waals surface area contributed by atoms with Crippen LogP contribution in [-0.4, -0.2) is 18.9 Å². The first-order chi connectivity index (χ1) is 9.45. The highest BCUT2D eigenvalue weighted by Crippen LogP contribution is 2.23. The molecular weight excluding hydrogens is 256 g/mol. The van der Waals surface area contributed by atoms with Crippen molar-refractivity contribution in [3.63, 3.8) is 0 Å². The minimum atomic E-state index is -0.288. The van der Waals surface area contributed by atoms with Crippen LogP contribution >= 0.6 is 0 Å². The molecule has 3 aromatic heterocycles. The predicted octanol–water partition coefficient (Wildman–Crippen LogP) is 1.83. The van der Waals surface area contributed by atoms with Gasteiger partial charge in [-0.05, 0) is 6.07 Å². The molecular formula is C14H16N4O2. The van der Waals surface area contributed by atoms with E-state index in [0.29, 0.717) is 12.4 Å². The van der Waals surface area contributed by atoms with Crippen LogP contribution in [0.3, 0.4) is 0 Å². The van der Waals surface area contributed by atoms with E-state index in [0.717, 1.165) is 11.4 Å². The second-order valence-corrected chi connectivity index (χ2v) is 5.75. The SMILES string of the molecule is CC(C)(C)c1cnc(Cn2ccn3c(=O)nccc23)o1. The molecule has 0 N–H and O–H groups in total. The van der Waals surface area contributed by atoms with Gasteiger partial charge in [0.05, 0.1) is 6.20 Å². The summed E-state index contributed by atoms with van der Waals surface area (Å²) in [5.74, 6) is 1.47. The fraction of sp³-hybridized carbons (Fsp3) is 0.357. The van der Waals surface area contributed by atoms with E-state index in [1.807, 2.05) is 10.8 Å². The van der Waals surface area contributed by atoms with E-state index in [1.165, 1.54) is 10.6 Å². The second kappa shape index (κ2) is 4.33. The topological polar surface area (TPSA) is 65.3 Å². The molecule has 0 aliphatic carbocycles. The van der Waals surface area contributed by atoms with E-state index in [4.69, 9.17) is 4.42 Å². The highest BCUT2D eigenvalue weighted by atomic mass is 16.4. The summed E-state index contributed by atoms with van der Waals surface area (Å²) in [6, 6.07) is 1.79. The summed E-state index contributed by atoms with van der Waals surface area (Å²) < 4.78 is 9.16. The summed E-state index contributed by atoms with van der Waals surface area (Å²) in [6.07, 6.45) is 6.77. The third-order valence-electron chi connectivity index (χ3n) is 3.15. The summed E-state index contributed by atoms with van der Waals surface area (Å²) in [5, 5.41) is 0. The monoisotopic (exact) mass is 272 g/mol. The van der Waals surface area contributed by atoms with Gasteiger partial charge in [0.1, 0.15) is 18.0 Å². The number of nitrogens with zero attached hydrogens (tertiary/aromatic N) is 4. The van der Waals surface area contributed by atoms with Crippen LogP contribution in [-0.2, 0) is 12.0 Å². The third kappa shape index (κ3) is 2.13. The fourth-order valence-electron chi connectivity index (χ4n) is 2.02. The number of fused-ring (bicyclic) bond motifs is 1. The van der Waals surface area contributed by atoms with Crippen molar-refractivity contribution in [3.05, 3.63) is 53.0 Å². The van der Waals surface area contributed by atoms with E-state index in [9.17, 15) is 4.79 Å². The Morgan fingerprint density at radius 1 is 1.25 bits per heavy atom. The largest absolute Gasteiger partial charge is 0.443 e. The lowest BCUT2D eigenvalue weighted by atomic mass is 9.94. The summed E-state index contributed by atoms with van der Waals surface area (Å²) in [7, 11) is 0. The maximum Gasteiger partial charge on any atom is 0.353 e. The van der Waals surface area contributed by atoms with Crippen LogP contribution in [0.25, 0.3) is 5.65 Å². The molecule has 0 saturated carbocycles. The molecule has 0 aromatic carbocycles. The van der Waals surface area contributed by atoms with Crippen molar-refractivity contribution in [1.82, 2.24) is 18.9 Å². The Balaban J connectivity index is 1.96. The quantitative estimate of drug-likeness (QED) is 0.714. The van der Waals surface area contributed by atoms with E-state index >= 15 is 0 Å². The molecule has 0 atom stereocenters. The summed E-state index contributed by atoms with van der Waals surface area (Å²) in [6.45, 7) is 6.71. The summed E-state index contributed by atoms with van der Waals surface area (Å²) >= 11 is 0. The zero-order valence-corrected chi connectivity index (χ0v) is 11.7. The molecule has 6 nitrogen and oxygen atoms in total. The van der Waals surface area contributed by atoms with Crippen molar-refractivity contribution in [3.8, 4) is 0 Å². The van der Waals surface area contributed by atoms with Crippen LogP contribution in [0.15, 0.2) is 40.1 Å². The molecule has 6 heteroatoms. The Hall–Kier alpha value is -2.37. The number of imidazole rings is 1. The van der Waals surface area contributed by atoms with Gasteiger partial charge in [-0.2, -0.15) is 0 Å². The minimum Gasteiger partial charge on any atom is -0.443 e. The second-order valence-electron chi connectivity index (χ2n) is 5.75. The lowest BCUT2D eigenvalue weighted by molar-refractivity contribution is 0.377. The Morgan fingerprint density at radius 2 is 2.05 bits per heavy atom. The average Bonchev–Trinajstić information content (AvgIpc) is 2.98. The van der Waals surface area contributed by atoms with Gasteiger partial charge in [0, 0.05) is 24.0 Å². The van der Waals surface area contributed by atoms with Gasteiger partial charge < -0.3 is 8.98 Å². The van der Waals surface area contributed by atoms with Crippen molar-refractivity contribution in [1.29, 1.82) is 0 Å². The number of oxazole rings is 1. The molecule has 0 spiro atoms. The number of hydrogen-bond donors (Lipinski definition) is 0. The fourth-order valence-corrected chi connectivity index (χ4v) is 2.02. The van der Waals surface area contributed by atoms with E-state index < -0.39 is 0 Å². The van der Waals surface area contributed by atoms with Crippen LogP contribution < -0.4 is 5.69 Å². The molecule has 0 aliphatic rings. The maximum atomic E-state index is 11.6. The normalized spacial score (nSPS) is 12.2. The van der Waals surface area contributed by atoms with Crippen molar-refractivity contribution < 1.29 is 4.42 Å². The van der Waals surface area contributed by atoms with Crippen LogP contribution in [0.2, 0.25) is 0 Å². The molecule has 0 fully saturated rings. The molecule has 0 radical (unpaired) electrons. The Morgan fingerprint density at radius 3 is 2.75 bits per heavy atom. The smallest absolute Gasteiger partial charge is 0.353 e. The van der Waals surface area contributed by atoms with Crippen LogP contribution in [0.5, 0.6) is 0 Å². The lowest BCUT2D eigenvalue weighted by Gasteiger charge is -2.13. The van der Waals surface area contributed by atoms with Gasteiger partial charge in [-0.1, -0.05) is 20.8 Å². The first-order valence-electron chi connectivity index (χ1n) is 6.43. The first-order valence-corrected chi connectivity index (χ1v) is 6.43. The van der Waals surface area contributed by atoms with Crippen molar-refractivity contribution in [2.24, 2.45) is 0 Å². The minimum absolute atomic E-state index is 0.0646. The van der Waals surface area contributed by atoms with Gasteiger partial charge in [0.25, 0.3) is 0 Å². The molecule has 3 rings (SSSR count). The summed E-state index contributed by atoms with van der Waals surface area (Å²) in [5.41, 5.74) is 0.412. The number of aromatic nitrogens is 4. The first kappa shape index (κ1) is 12.7. The van der Waals surface area contributed by atoms with Gasteiger partial charge in [-0.3, -0.25) is 4.40 Å². The van der Waals surface area contributed by atoms with Gasteiger partial charge >= 0.3 is 5.69 Å². The van der Waals surface area contributed by atoms with Gasteiger partial charge in [-0.15, -0.1) is 0 Å². The Kier molecular flexibility index (Phi) is 2.74. The van der Waals surface area contributed by atoms with E-state index in [-0.39, 0.29) is 11.1 Å². The standard InChI is InChI=1S/C14H16N4O2/c1-14(2,3)10-8-16-11(20-10)9-17-6-7-18-12(17)4-5-15-13(18)19/h4-8H,9H2,1-3H3. The van der Waals surface area contributed by atoms with Crippen LogP contribution in [0.1, 0.15) is 32.4 Å². The Bertz CT molecular complexity index is 804. The van der Waals surface area contributed by atoms with Crippen molar-refractivity contribution >= 4 is 5.65 Å². The van der Waals surface area contributed by atoms with Crippen LogP contribution in [0.4, 0.5) is 0 Å².